The zero-order valence-electron chi connectivity index (χ0n) is 16.1. The van der Waals surface area contributed by atoms with E-state index in [9.17, 15) is 9.59 Å². The van der Waals surface area contributed by atoms with E-state index >= 15 is 0 Å². The maximum absolute atomic E-state index is 13.0. The molecule has 1 saturated heterocycles. The molecule has 6 nitrogen and oxygen atoms in total. The predicted molar refractivity (Wildman–Crippen MR) is 106 cm³/mol. The van der Waals surface area contributed by atoms with Crippen molar-refractivity contribution < 1.29 is 9.59 Å². The monoisotopic (exact) mass is 368 g/mol. The number of hydrazone groups is 1. The number of hydrogen-bond acceptors (Lipinski definition) is 4. The largest absolute Gasteiger partial charge is 0.335 e. The highest BCUT2D eigenvalue weighted by Gasteiger charge is 2.32. The summed E-state index contributed by atoms with van der Waals surface area (Å²) in [6.45, 7) is 5.37. The quantitative estimate of drug-likeness (QED) is 0.824. The Bertz CT molecular complexity index is 746. The van der Waals surface area contributed by atoms with Crippen molar-refractivity contribution in [2.45, 2.75) is 51.5 Å². The summed E-state index contributed by atoms with van der Waals surface area (Å²) in [5.41, 5.74) is 2.25. The Balaban J connectivity index is 1.44. The Morgan fingerprint density at radius 2 is 1.74 bits per heavy atom. The predicted octanol–water partition coefficient (Wildman–Crippen LogP) is 2.56. The van der Waals surface area contributed by atoms with E-state index in [0.717, 1.165) is 37.4 Å². The molecular weight excluding hydrogens is 340 g/mol. The number of aryl methyl sites for hydroxylation is 1. The number of benzene rings is 1. The molecule has 2 heterocycles. The standard InChI is InChI=1S/C21H28N4O2/c1-16-6-2-5-9-19(16)25-20(26)11-10-18(22-25)21(27)24-14-12-23(13-15-24)17-7-3-4-8-17/h2,5-6,9,17H,3-4,7-8,10-15H2,1H3. The van der Waals surface area contributed by atoms with Gasteiger partial charge in [-0.15, -0.1) is 0 Å². The first-order chi connectivity index (χ1) is 13.1. The van der Waals surface area contributed by atoms with Crippen LogP contribution in [0.1, 0.15) is 44.1 Å². The molecule has 2 amide bonds. The van der Waals surface area contributed by atoms with E-state index in [1.807, 2.05) is 36.1 Å². The van der Waals surface area contributed by atoms with Crippen molar-refractivity contribution >= 4 is 23.2 Å². The molecule has 1 aliphatic carbocycles. The zero-order valence-corrected chi connectivity index (χ0v) is 16.1. The normalized spacial score (nSPS) is 22.3. The average molecular weight is 368 g/mol. The van der Waals surface area contributed by atoms with Crippen LogP contribution in [-0.2, 0) is 9.59 Å². The van der Waals surface area contributed by atoms with Crippen LogP contribution < -0.4 is 5.01 Å². The number of hydrogen-bond donors (Lipinski definition) is 0. The van der Waals surface area contributed by atoms with Crippen molar-refractivity contribution in [2.24, 2.45) is 5.10 Å². The van der Waals surface area contributed by atoms with Gasteiger partial charge in [0.25, 0.3) is 5.91 Å². The summed E-state index contributed by atoms with van der Waals surface area (Å²) in [5.74, 6) is -0.0564. The van der Waals surface area contributed by atoms with Crippen LogP contribution >= 0.6 is 0 Å². The maximum atomic E-state index is 13.0. The summed E-state index contributed by atoms with van der Waals surface area (Å²) in [6, 6.07) is 8.38. The first-order valence-electron chi connectivity index (χ1n) is 10.1. The molecular formula is C21H28N4O2. The van der Waals surface area contributed by atoms with E-state index in [4.69, 9.17) is 0 Å². The van der Waals surface area contributed by atoms with Gasteiger partial charge in [-0.1, -0.05) is 31.0 Å². The van der Waals surface area contributed by atoms with Gasteiger partial charge in [-0.2, -0.15) is 5.10 Å². The van der Waals surface area contributed by atoms with Crippen molar-refractivity contribution in [1.82, 2.24) is 9.80 Å². The number of rotatable bonds is 3. The molecule has 27 heavy (non-hydrogen) atoms. The lowest BCUT2D eigenvalue weighted by Crippen LogP contribution is -2.53. The Morgan fingerprint density at radius 3 is 2.44 bits per heavy atom. The fourth-order valence-corrected chi connectivity index (χ4v) is 4.44. The summed E-state index contributed by atoms with van der Waals surface area (Å²) in [6.07, 6.45) is 6.04. The number of anilines is 1. The van der Waals surface area contributed by atoms with Crippen LogP contribution in [0.5, 0.6) is 0 Å². The highest BCUT2D eigenvalue weighted by Crippen LogP contribution is 2.26. The van der Waals surface area contributed by atoms with Crippen LogP contribution in [-0.4, -0.2) is 59.5 Å². The maximum Gasteiger partial charge on any atom is 0.270 e. The smallest absolute Gasteiger partial charge is 0.270 e. The van der Waals surface area contributed by atoms with E-state index in [2.05, 4.69) is 10.0 Å². The van der Waals surface area contributed by atoms with Gasteiger partial charge in [0.1, 0.15) is 5.71 Å². The molecule has 0 atom stereocenters. The van der Waals surface area contributed by atoms with Crippen molar-refractivity contribution in [3.63, 3.8) is 0 Å². The zero-order chi connectivity index (χ0) is 18.8. The lowest BCUT2D eigenvalue weighted by molar-refractivity contribution is -0.126. The second-order valence-electron chi connectivity index (χ2n) is 7.81. The van der Waals surface area contributed by atoms with E-state index < -0.39 is 0 Å². The minimum absolute atomic E-state index is 0.00726. The molecule has 0 aromatic heterocycles. The number of amides is 2. The van der Waals surface area contributed by atoms with Crippen LogP contribution in [0.4, 0.5) is 5.69 Å². The van der Waals surface area contributed by atoms with Crippen molar-refractivity contribution in [2.75, 3.05) is 31.2 Å². The molecule has 0 spiro atoms. The van der Waals surface area contributed by atoms with Gasteiger partial charge < -0.3 is 4.90 Å². The second-order valence-corrected chi connectivity index (χ2v) is 7.81. The summed E-state index contributed by atoms with van der Waals surface area (Å²) >= 11 is 0. The summed E-state index contributed by atoms with van der Waals surface area (Å²) in [5, 5.41) is 5.88. The molecule has 0 unspecified atom stereocenters. The average Bonchev–Trinajstić information content (AvgIpc) is 3.23. The van der Waals surface area contributed by atoms with Crippen molar-refractivity contribution in [1.29, 1.82) is 0 Å². The second kappa shape index (κ2) is 7.80. The van der Waals surface area contributed by atoms with Gasteiger partial charge in [-0.25, -0.2) is 5.01 Å². The molecule has 1 saturated carbocycles. The van der Waals surface area contributed by atoms with Gasteiger partial charge in [0.15, 0.2) is 0 Å². The van der Waals surface area contributed by atoms with Crippen LogP contribution in [0.3, 0.4) is 0 Å². The van der Waals surface area contributed by atoms with E-state index in [1.165, 1.54) is 30.7 Å². The number of nitrogens with zero attached hydrogens (tertiary/aromatic N) is 4. The highest BCUT2D eigenvalue weighted by atomic mass is 16.2. The first-order valence-corrected chi connectivity index (χ1v) is 10.1. The van der Waals surface area contributed by atoms with Gasteiger partial charge in [0.2, 0.25) is 5.91 Å². The number of carbonyl (C=O) groups excluding carboxylic acids is 2. The summed E-state index contributed by atoms with van der Waals surface area (Å²) in [4.78, 5) is 29.8. The van der Waals surface area contributed by atoms with Crippen LogP contribution in [0.15, 0.2) is 29.4 Å². The third-order valence-electron chi connectivity index (χ3n) is 6.07. The Morgan fingerprint density at radius 1 is 1.04 bits per heavy atom. The van der Waals surface area contributed by atoms with Crippen LogP contribution in [0, 0.1) is 6.92 Å². The Kier molecular flexibility index (Phi) is 5.25. The van der Waals surface area contributed by atoms with Gasteiger partial charge >= 0.3 is 0 Å². The molecule has 0 radical (unpaired) electrons. The molecule has 144 valence electrons. The van der Waals surface area contributed by atoms with Crippen molar-refractivity contribution in [3.05, 3.63) is 29.8 Å². The lowest BCUT2D eigenvalue weighted by Gasteiger charge is -2.38. The lowest BCUT2D eigenvalue weighted by atomic mass is 10.1. The van der Waals surface area contributed by atoms with Gasteiger partial charge in [0, 0.05) is 45.1 Å². The van der Waals surface area contributed by atoms with Gasteiger partial charge in [-0.05, 0) is 31.4 Å². The van der Waals surface area contributed by atoms with Gasteiger partial charge in [-0.3, -0.25) is 14.5 Å². The van der Waals surface area contributed by atoms with Crippen molar-refractivity contribution in [3.8, 4) is 0 Å². The van der Waals surface area contributed by atoms with E-state index in [0.29, 0.717) is 24.6 Å². The molecule has 2 fully saturated rings. The molecule has 4 rings (SSSR count). The molecule has 2 aliphatic heterocycles. The summed E-state index contributed by atoms with van der Waals surface area (Å²) in [7, 11) is 0. The van der Waals surface area contributed by atoms with Crippen LogP contribution in [0.2, 0.25) is 0 Å². The number of piperazine rings is 1. The topological polar surface area (TPSA) is 56.2 Å². The molecule has 0 bridgehead atoms. The minimum atomic E-state index is -0.0492. The van der Waals surface area contributed by atoms with Gasteiger partial charge in [0.05, 0.1) is 5.69 Å². The third kappa shape index (κ3) is 3.76. The Labute approximate surface area is 160 Å². The highest BCUT2D eigenvalue weighted by molar-refractivity contribution is 6.40. The third-order valence-corrected chi connectivity index (χ3v) is 6.07. The number of para-hydroxylation sites is 1. The molecule has 6 heteroatoms. The minimum Gasteiger partial charge on any atom is -0.335 e. The SMILES string of the molecule is Cc1ccccc1N1N=C(C(=O)N2CCN(C3CCCC3)CC2)CCC1=O. The molecule has 3 aliphatic rings. The van der Waals surface area contributed by atoms with E-state index in [1.54, 1.807) is 0 Å². The first kappa shape index (κ1) is 18.2. The molecule has 0 N–H and O–H groups in total. The molecule has 1 aromatic rings. The fourth-order valence-electron chi connectivity index (χ4n) is 4.44. The fraction of sp³-hybridized carbons (Fsp3) is 0.571. The summed E-state index contributed by atoms with van der Waals surface area (Å²) < 4.78 is 0. The Hall–Kier alpha value is -2.21. The number of carbonyl (C=O) groups is 2. The molecule has 1 aromatic carbocycles. The van der Waals surface area contributed by atoms with E-state index in [-0.39, 0.29) is 11.8 Å². The van der Waals surface area contributed by atoms with Crippen LogP contribution in [0.25, 0.3) is 0 Å².